The SMILES string of the molecule is CN(c1ccccc1)c1ccc(C(=O)CN2C(=O)NC3(CCCCC3)C2=O)cn1. The number of amides is 3. The minimum absolute atomic E-state index is 0.262. The van der Waals surface area contributed by atoms with E-state index in [0.717, 1.165) is 29.8 Å². The number of ketones is 1. The number of hydrogen-bond donors (Lipinski definition) is 1. The summed E-state index contributed by atoms with van der Waals surface area (Å²) in [5.41, 5.74) is 0.549. The van der Waals surface area contributed by atoms with Crippen LogP contribution in [0.1, 0.15) is 42.5 Å². The fraction of sp³-hybridized carbons (Fsp3) is 0.364. The van der Waals surface area contributed by atoms with Gasteiger partial charge in [-0.05, 0) is 37.1 Å². The highest BCUT2D eigenvalue weighted by Gasteiger charge is 2.51. The number of rotatable bonds is 5. The Morgan fingerprint density at radius 2 is 1.83 bits per heavy atom. The van der Waals surface area contributed by atoms with Crippen molar-refractivity contribution in [2.24, 2.45) is 0 Å². The topological polar surface area (TPSA) is 82.6 Å². The van der Waals surface area contributed by atoms with Crippen LogP contribution >= 0.6 is 0 Å². The van der Waals surface area contributed by atoms with Crippen molar-refractivity contribution < 1.29 is 14.4 Å². The summed E-state index contributed by atoms with van der Waals surface area (Å²) < 4.78 is 0. The van der Waals surface area contributed by atoms with Gasteiger partial charge in [0.25, 0.3) is 5.91 Å². The Labute approximate surface area is 169 Å². The van der Waals surface area contributed by atoms with Gasteiger partial charge >= 0.3 is 6.03 Å². The molecule has 2 aromatic rings. The molecule has 1 saturated carbocycles. The van der Waals surface area contributed by atoms with Crippen LogP contribution in [-0.4, -0.2) is 46.7 Å². The maximum atomic E-state index is 12.8. The average molecular weight is 392 g/mol. The highest BCUT2D eigenvalue weighted by Crippen LogP contribution is 2.33. The number of imide groups is 1. The largest absolute Gasteiger partial charge is 0.329 e. The van der Waals surface area contributed by atoms with Gasteiger partial charge in [-0.2, -0.15) is 0 Å². The lowest BCUT2D eigenvalue weighted by atomic mass is 9.82. The molecule has 1 aliphatic carbocycles. The summed E-state index contributed by atoms with van der Waals surface area (Å²) in [6.45, 7) is -0.262. The molecule has 7 heteroatoms. The molecule has 150 valence electrons. The van der Waals surface area contributed by atoms with Gasteiger partial charge in [-0.1, -0.05) is 37.5 Å². The predicted molar refractivity (Wildman–Crippen MR) is 109 cm³/mol. The number of nitrogens with zero attached hydrogens (tertiary/aromatic N) is 3. The van der Waals surface area contributed by atoms with Gasteiger partial charge in [0.2, 0.25) is 0 Å². The standard InChI is InChI=1S/C22H24N4O3/c1-25(17-8-4-2-5-9-17)19-11-10-16(14-23-19)18(27)15-26-20(28)22(24-21(26)29)12-6-3-7-13-22/h2,4-5,8-11,14H,3,6-7,12-13,15H2,1H3,(H,24,29). The van der Waals surface area contributed by atoms with Gasteiger partial charge in [-0.25, -0.2) is 9.78 Å². The van der Waals surface area contributed by atoms with E-state index in [2.05, 4.69) is 10.3 Å². The van der Waals surface area contributed by atoms with Gasteiger partial charge in [0, 0.05) is 24.5 Å². The average Bonchev–Trinajstić information content (AvgIpc) is 2.98. The molecule has 1 aromatic carbocycles. The molecule has 2 heterocycles. The molecule has 4 rings (SSSR count). The fourth-order valence-corrected chi connectivity index (χ4v) is 4.08. The van der Waals surface area contributed by atoms with Crippen molar-refractivity contribution in [2.45, 2.75) is 37.6 Å². The van der Waals surface area contributed by atoms with E-state index < -0.39 is 11.6 Å². The van der Waals surface area contributed by atoms with E-state index in [4.69, 9.17) is 0 Å². The summed E-state index contributed by atoms with van der Waals surface area (Å²) in [6, 6.07) is 12.7. The van der Waals surface area contributed by atoms with Gasteiger partial charge in [-0.15, -0.1) is 0 Å². The van der Waals surface area contributed by atoms with Crippen LogP contribution in [-0.2, 0) is 4.79 Å². The number of carbonyl (C=O) groups excluding carboxylic acids is 3. The van der Waals surface area contributed by atoms with Gasteiger partial charge in [0.15, 0.2) is 5.78 Å². The Hall–Kier alpha value is -3.22. The van der Waals surface area contributed by atoms with Crippen LogP contribution < -0.4 is 10.2 Å². The number of Topliss-reactive ketones (excluding diaryl/α,β-unsaturated/α-hetero) is 1. The number of aromatic nitrogens is 1. The second-order valence-corrected chi connectivity index (χ2v) is 7.69. The first-order valence-corrected chi connectivity index (χ1v) is 9.92. The van der Waals surface area contributed by atoms with E-state index in [-0.39, 0.29) is 18.2 Å². The number of benzene rings is 1. The molecule has 0 atom stereocenters. The van der Waals surface area contributed by atoms with Crippen molar-refractivity contribution in [3.63, 3.8) is 0 Å². The second kappa shape index (κ2) is 7.66. The molecular weight excluding hydrogens is 368 g/mol. The van der Waals surface area contributed by atoms with Gasteiger partial charge in [0.05, 0.1) is 6.54 Å². The molecule has 2 fully saturated rings. The molecule has 1 aliphatic heterocycles. The smallest absolute Gasteiger partial charge is 0.325 e. The van der Waals surface area contributed by atoms with E-state index in [1.165, 1.54) is 6.20 Å². The monoisotopic (exact) mass is 392 g/mol. The Morgan fingerprint density at radius 1 is 1.10 bits per heavy atom. The van der Waals surface area contributed by atoms with Gasteiger partial charge in [0.1, 0.15) is 11.4 Å². The Balaban J connectivity index is 1.45. The quantitative estimate of drug-likeness (QED) is 0.624. The molecule has 1 aromatic heterocycles. The van der Waals surface area contributed by atoms with Gasteiger partial charge in [-0.3, -0.25) is 14.5 Å². The van der Waals surface area contributed by atoms with Crippen LogP contribution in [0.4, 0.5) is 16.3 Å². The first-order chi connectivity index (χ1) is 14.0. The molecular formula is C22H24N4O3. The Bertz CT molecular complexity index is 921. The molecule has 1 saturated heterocycles. The third-order valence-electron chi connectivity index (χ3n) is 5.81. The summed E-state index contributed by atoms with van der Waals surface area (Å²) in [5.74, 6) is 0.121. The van der Waals surface area contributed by atoms with Crippen molar-refractivity contribution >= 4 is 29.2 Å². The van der Waals surface area contributed by atoms with Crippen LogP contribution in [0.2, 0.25) is 0 Å². The number of para-hydroxylation sites is 1. The minimum Gasteiger partial charge on any atom is -0.329 e. The molecule has 29 heavy (non-hydrogen) atoms. The van der Waals surface area contributed by atoms with E-state index in [1.807, 2.05) is 42.3 Å². The zero-order valence-electron chi connectivity index (χ0n) is 16.4. The molecule has 1 N–H and O–H groups in total. The lowest BCUT2D eigenvalue weighted by Crippen LogP contribution is -2.48. The van der Waals surface area contributed by atoms with E-state index in [0.29, 0.717) is 24.2 Å². The van der Waals surface area contributed by atoms with Crippen molar-refractivity contribution in [1.82, 2.24) is 15.2 Å². The second-order valence-electron chi connectivity index (χ2n) is 7.69. The third kappa shape index (κ3) is 3.60. The molecule has 0 unspecified atom stereocenters. The Kier molecular flexibility index (Phi) is 5.05. The third-order valence-corrected chi connectivity index (χ3v) is 5.81. The van der Waals surface area contributed by atoms with Gasteiger partial charge < -0.3 is 10.2 Å². The molecule has 7 nitrogen and oxygen atoms in total. The highest BCUT2D eigenvalue weighted by atomic mass is 16.2. The van der Waals surface area contributed by atoms with Crippen LogP contribution in [0, 0.1) is 0 Å². The molecule has 0 bridgehead atoms. The van der Waals surface area contributed by atoms with Crippen LogP contribution in [0.5, 0.6) is 0 Å². The Morgan fingerprint density at radius 3 is 2.48 bits per heavy atom. The summed E-state index contributed by atoms with van der Waals surface area (Å²) in [7, 11) is 1.90. The van der Waals surface area contributed by atoms with Crippen molar-refractivity contribution in [3.05, 3.63) is 54.2 Å². The van der Waals surface area contributed by atoms with Crippen molar-refractivity contribution in [1.29, 1.82) is 0 Å². The zero-order chi connectivity index (χ0) is 20.4. The van der Waals surface area contributed by atoms with E-state index in [9.17, 15) is 14.4 Å². The fourth-order valence-electron chi connectivity index (χ4n) is 4.08. The molecule has 2 aliphatic rings. The minimum atomic E-state index is -0.809. The highest BCUT2D eigenvalue weighted by molar-refractivity contribution is 6.11. The first kappa shape index (κ1) is 19.1. The summed E-state index contributed by atoms with van der Waals surface area (Å²) in [5, 5.41) is 2.83. The maximum Gasteiger partial charge on any atom is 0.325 e. The normalized spacial score (nSPS) is 18.0. The number of hydrogen-bond acceptors (Lipinski definition) is 5. The summed E-state index contributed by atoms with van der Waals surface area (Å²) in [6.07, 6.45) is 5.67. The van der Waals surface area contributed by atoms with Crippen LogP contribution in [0.25, 0.3) is 0 Å². The predicted octanol–water partition coefficient (Wildman–Crippen LogP) is 3.29. The van der Waals surface area contributed by atoms with Crippen molar-refractivity contribution in [3.8, 4) is 0 Å². The molecule has 0 radical (unpaired) electrons. The number of carbonyl (C=O) groups is 3. The van der Waals surface area contributed by atoms with Crippen LogP contribution in [0.3, 0.4) is 0 Å². The molecule has 1 spiro atoms. The summed E-state index contributed by atoms with van der Waals surface area (Å²) >= 11 is 0. The summed E-state index contributed by atoms with van der Waals surface area (Å²) in [4.78, 5) is 45.2. The lowest BCUT2D eigenvalue weighted by molar-refractivity contribution is -0.132. The number of pyridine rings is 1. The maximum absolute atomic E-state index is 12.8. The molecule has 3 amide bonds. The van der Waals surface area contributed by atoms with Crippen molar-refractivity contribution in [2.75, 3.05) is 18.5 Å². The van der Waals surface area contributed by atoms with E-state index in [1.54, 1.807) is 12.1 Å². The first-order valence-electron chi connectivity index (χ1n) is 9.92. The van der Waals surface area contributed by atoms with Crippen LogP contribution in [0.15, 0.2) is 48.7 Å². The van der Waals surface area contributed by atoms with E-state index >= 15 is 0 Å². The lowest BCUT2D eigenvalue weighted by Gasteiger charge is -2.30. The number of nitrogens with one attached hydrogen (secondary N) is 1. The number of anilines is 2. The zero-order valence-corrected chi connectivity index (χ0v) is 16.4. The number of urea groups is 1.